The first-order valence-electron chi connectivity index (χ1n) is 5.16. The molecule has 0 amide bonds. The minimum absolute atomic E-state index is 0.0413. The van der Waals surface area contributed by atoms with Crippen LogP contribution in [0.5, 0.6) is 0 Å². The Balaban J connectivity index is 2.59. The van der Waals surface area contributed by atoms with Gasteiger partial charge in [0.2, 0.25) is 0 Å². The molecule has 1 fully saturated rings. The smallest absolute Gasteiger partial charge is 0.147 e. The highest BCUT2D eigenvalue weighted by atomic mass is 32.2. The molecule has 5 heteroatoms. The van der Waals surface area contributed by atoms with E-state index in [1.54, 1.807) is 0 Å². The Labute approximate surface area is 91.6 Å². The standard InChI is InChI=1S/C10H20O4S/c1-9(2)8-10(11,4-6-14-9)5-7-15(3,12)13/h11H,4-8H2,1-3H3. The lowest BCUT2D eigenvalue weighted by Gasteiger charge is -2.41. The summed E-state index contributed by atoms with van der Waals surface area (Å²) < 4.78 is 27.6. The highest BCUT2D eigenvalue weighted by molar-refractivity contribution is 7.90. The van der Waals surface area contributed by atoms with Crippen LogP contribution in [0.1, 0.15) is 33.1 Å². The topological polar surface area (TPSA) is 63.6 Å². The summed E-state index contributed by atoms with van der Waals surface area (Å²) >= 11 is 0. The third-order valence-electron chi connectivity index (χ3n) is 2.75. The Kier molecular flexibility index (Phi) is 3.48. The van der Waals surface area contributed by atoms with Crippen molar-refractivity contribution in [1.82, 2.24) is 0 Å². The van der Waals surface area contributed by atoms with E-state index in [9.17, 15) is 13.5 Å². The number of sulfone groups is 1. The molecule has 1 heterocycles. The van der Waals surface area contributed by atoms with Crippen molar-refractivity contribution < 1.29 is 18.3 Å². The van der Waals surface area contributed by atoms with Crippen molar-refractivity contribution in [1.29, 1.82) is 0 Å². The zero-order valence-electron chi connectivity index (χ0n) is 9.62. The van der Waals surface area contributed by atoms with Gasteiger partial charge in [-0.2, -0.15) is 0 Å². The Morgan fingerprint density at radius 2 is 2.00 bits per heavy atom. The number of hydrogen-bond acceptors (Lipinski definition) is 4. The highest BCUT2D eigenvalue weighted by Gasteiger charge is 2.39. The third-order valence-corrected chi connectivity index (χ3v) is 3.70. The quantitative estimate of drug-likeness (QED) is 0.785. The molecular formula is C10H20O4S. The van der Waals surface area contributed by atoms with Gasteiger partial charge in [-0.05, 0) is 26.7 Å². The SMILES string of the molecule is CC1(C)CC(O)(CCS(C)(=O)=O)CCO1. The van der Waals surface area contributed by atoms with Crippen LogP contribution < -0.4 is 0 Å². The summed E-state index contributed by atoms with van der Waals surface area (Å²) in [6.07, 6.45) is 2.51. The molecule has 0 aliphatic carbocycles. The first-order chi connectivity index (χ1) is 6.62. The predicted molar refractivity (Wildman–Crippen MR) is 58.5 cm³/mol. The summed E-state index contributed by atoms with van der Waals surface area (Å²) in [6, 6.07) is 0. The van der Waals surface area contributed by atoms with Crippen LogP contribution in [0.25, 0.3) is 0 Å². The van der Waals surface area contributed by atoms with Crippen molar-refractivity contribution in [3.05, 3.63) is 0 Å². The largest absolute Gasteiger partial charge is 0.390 e. The van der Waals surface area contributed by atoms with Crippen LogP contribution in [-0.2, 0) is 14.6 Å². The molecule has 0 spiro atoms. The molecule has 4 nitrogen and oxygen atoms in total. The zero-order chi connectivity index (χ0) is 11.7. The first kappa shape index (κ1) is 12.9. The molecule has 1 aliphatic heterocycles. The molecule has 1 unspecified atom stereocenters. The van der Waals surface area contributed by atoms with Crippen molar-refractivity contribution in [3.63, 3.8) is 0 Å². The van der Waals surface area contributed by atoms with Gasteiger partial charge in [-0.1, -0.05) is 0 Å². The summed E-state index contributed by atoms with van der Waals surface area (Å²) in [7, 11) is -3.00. The third kappa shape index (κ3) is 4.49. The second-order valence-corrected chi connectivity index (χ2v) is 7.40. The lowest BCUT2D eigenvalue weighted by Crippen LogP contribution is -2.46. The molecule has 0 saturated carbocycles. The number of hydrogen-bond donors (Lipinski definition) is 1. The Bertz CT molecular complexity index is 320. The fraction of sp³-hybridized carbons (Fsp3) is 1.00. The lowest BCUT2D eigenvalue weighted by atomic mass is 9.82. The van der Waals surface area contributed by atoms with E-state index in [1.807, 2.05) is 13.8 Å². The molecule has 1 rings (SSSR count). The molecule has 0 bridgehead atoms. The number of rotatable bonds is 3. The lowest BCUT2D eigenvalue weighted by molar-refractivity contribution is -0.144. The molecule has 0 radical (unpaired) electrons. The van der Waals surface area contributed by atoms with E-state index < -0.39 is 15.4 Å². The molecular weight excluding hydrogens is 216 g/mol. The first-order valence-corrected chi connectivity index (χ1v) is 7.22. The maximum Gasteiger partial charge on any atom is 0.147 e. The van der Waals surface area contributed by atoms with E-state index in [-0.39, 0.29) is 11.4 Å². The molecule has 90 valence electrons. The van der Waals surface area contributed by atoms with Crippen LogP contribution in [0.2, 0.25) is 0 Å². The maximum atomic E-state index is 11.0. The second-order valence-electron chi connectivity index (χ2n) is 5.14. The van der Waals surface area contributed by atoms with Crippen LogP contribution in [-0.4, -0.2) is 43.3 Å². The van der Waals surface area contributed by atoms with Gasteiger partial charge in [-0.3, -0.25) is 0 Å². The Morgan fingerprint density at radius 1 is 1.40 bits per heavy atom. The van der Waals surface area contributed by atoms with E-state index in [4.69, 9.17) is 4.74 Å². The monoisotopic (exact) mass is 236 g/mol. The molecule has 15 heavy (non-hydrogen) atoms. The number of aliphatic hydroxyl groups is 1. The average Bonchev–Trinajstić information content (AvgIpc) is 1.97. The van der Waals surface area contributed by atoms with Gasteiger partial charge in [-0.15, -0.1) is 0 Å². The van der Waals surface area contributed by atoms with E-state index in [0.29, 0.717) is 25.9 Å². The summed E-state index contributed by atoms with van der Waals surface area (Å²) in [5, 5.41) is 10.2. The van der Waals surface area contributed by atoms with Crippen LogP contribution in [0.4, 0.5) is 0 Å². The van der Waals surface area contributed by atoms with Gasteiger partial charge in [-0.25, -0.2) is 8.42 Å². The summed E-state index contributed by atoms with van der Waals surface area (Å²) in [5.74, 6) is 0.0413. The van der Waals surface area contributed by atoms with Gasteiger partial charge < -0.3 is 9.84 Å². The van der Waals surface area contributed by atoms with Gasteiger partial charge >= 0.3 is 0 Å². The van der Waals surface area contributed by atoms with E-state index in [0.717, 1.165) is 0 Å². The Morgan fingerprint density at radius 3 is 2.47 bits per heavy atom. The van der Waals surface area contributed by atoms with Crippen LogP contribution in [0.15, 0.2) is 0 Å². The fourth-order valence-electron chi connectivity index (χ4n) is 2.04. The molecule has 0 aromatic carbocycles. The molecule has 1 aliphatic rings. The summed E-state index contributed by atoms with van der Waals surface area (Å²) in [5.41, 5.74) is -1.24. The van der Waals surface area contributed by atoms with Crippen molar-refractivity contribution >= 4 is 9.84 Å². The highest BCUT2D eigenvalue weighted by Crippen LogP contribution is 2.34. The summed E-state index contributed by atoms with van der Waals surface area (Å²) in [4.78, 5) is 0. The van der Waals surface area contributed by atoms with Gasteiger partial charge in [0.25, 0.3) is 0 Å². The van der Waals surface area contributed by atoms with E-state index >= 15 is 0 Å². The van der Waals surface area contributed by atoms with Crippen LogP contribution >= 0.6 is 0 Å². The van der Waals surface area contributed by atoms with Gasteiger partial charge in [0, 0.05) is 12.7 Å². The Hall–Kier alpha value is -0.130. The molecule has 1 atom stereocenters. The molecule has 1 saturated heterocycles. The normalized spacial score (nSPS) is 31.5. The van der Waals surface area contributed by atoms with Gasteiger partial charge in [0.1, 0.15) is 9.84 Å². The fourth-order valence-corrected chi connectivity index (χ4v) is 2.79. The van der Waals surface area contributed by atoms with Gasteiger partial charge in [0.05, 0.1) is 23.6 Å². The minimum atomic E-state index is -3.00. The van der Waals surface area contributed by atoms with Crippen molar-refractivity contribution in [3.8, 4) is 0 Å². The predicted octanol–water partition coefficient (Wildman–Crippen LogP) is 0.741. The van der Waals surface area contributed by atoms with Gasteiger partial charge in [0.15, 0.2) is 0 Å². The zero-order valence-corrected chi connectivity index (χ0v) is 10.4. The number of ether oxygens (including phenoxy) is 1. The molecule has 0 aromatic heterocycles. The van der Waals surface area contributed by atoms with E-state index in [2.05, 4.69) is 0 Å². The van der Waals surface area contributed by atoms with Crippen LogP contribution in [0.3, 0.4) is 0 Å². The van der Waals surface area contributed by atoms with Crippen molar-refractivity contribution in [2.45, 2.75) is 44.3 Å². The second kappa shape index (κ2) is 4.03. The molecule has 1 N–H and O–H groups in total. The van der Waals surface area contributed by atoms with Crippen molar-refractivity contribution in [2.75, 3.05) is 18.6 Å². The van der Waals surface area contributed by atoms with Crippen molar-refractivity contribution in [2.24, 2.45) is 0 Å². The van der Waals surface area contributed by atoms with E-state index in [1.165, 1.54) is 6.26 Å². The maximum absolute atomic E-state index is 11.0. The van der Waals surface area contributed by atoms with Crippen LogP contribution in [0, 0.1) is 0 Å². The minimum Gasteiger partial charge on any atom is -0.390 e. The summed E-state index contributed by atoms with van der Waals surface area (Å²) in [6.45, 7) is 4.32. The molecule has 0 aromatic rings. The average molecular weight is 236 g/mol.